The van der Waals surface area contributed by atoms with Crippen LogP contribution in [0.4, 0.5) is 0 Å². The molecule has 0 spiro atoms. The fourth-order valence-corrected chi connectivity index (χ4v) is 1.62. The Hall–Kier alpha value is 0.250. The van der Waals surface area contributed by atoms with Crippen molar-refractivity contribution in [1.29, 1.82) is 0 Å². The molecule has 10 heavy (non-hydrogen) atoms. The third-order valence-corrected chi connectivity index (χ3v) is 2.33. The van der Waals surface area contributed by atoms with Crippen LogP contribution in [0.2, 0.25) is 0 Å². The van der Waals surface area contributed by atoms with E-state index in [1.807, 2.05) is 6.92 Å². The molecular formula is C8H17ClO. The molecule has 0 aromatic heterocycles. The third-order valence-electron chi connectivity index (χ3n) is 2.33. The zero-order chi connectivity index (χ0) is 6.69. The van der Waals surface area contributed by atoms with Gasteiger partial charge >= 0.3 is 0 Å². The van der Waals surface area contributed by atoms with E-state index < -0.39 is 0 Å². The van der Waals surface area contributed by atoms with Gasteiger partial charge in [0.1, 0.15) is 0 Å². The van der Waals surface area contributed by atoms with E-state index in [2.05, 4.69) is 0 Å². The van der Waals surface area contributed by atoms with Crippen molar-refractivity contribution in [3.05, 3.63) is 0 Å². The van der Waals surface area contributed by atoms with Crippen LogP contribution in [0, 0.1) is 5.92 Å². The zero-order valence-corrected chi connectivity index (χ0v) is 7.36. The molecule has 0 amide bonds. The minimum absolute atomic E-state index is 0. The van der Waals surface area contributed by atoms with Gasteiger partial charge in [-0.15, -0.1) is 12.4 Å². The highest BCUT2D eigenvalue weighted by molar-refractivity contribution is 5.85. The van der Waals surface area contributed by atoms with Crippen LogP contribution in [0.3, 0.4) is 0 Å². The lowest BCUT2D eigenvalue weighted by Crippen LogP contribution is -2.19. The first kappa shape index (κ1) is 10.2. The summed E-state index contributed by atoms with van der Waals surface area (Å²) >= 11 is 0. The van der Waals surface area contributed by atoms with Gasteiger partial charge in [-0.05, 0) is 25.7 Å². The van der Waals surface area contributed by atoms with Gasteiger partial charge < -0.3 is 5.11 Å². The number of halogens is 1. The van der Waals surface area contributed by atoms with Crippen LogP contribution in [0.15, 0.2) is 0 Å². The van der Waals surface area contributed by atoms with Gasteiger partial charge in [-0.2, -0.15) is 0 Å². The second kappa shape index (κ2) is 4.97. The Morgan fingerprint density at radius 3 is 2.00 bits per heavy atom. The molecule has 1 saturated carbocycles. The van der Waals surface area contributed by atoms with Gasteiger partial charge in [-0.1, -0.05) is 19.3 Å². The number of rotatable bonds is 1. The zero-order valence-electron chi connectivity index (χ0n) is 6.55. The molecule has 1 rings (SSSR count). The molecule has 0 saturated heterocycles. The molecule has 62 valence electrons. The van der Waals surface area contributed by atoms with E-state index in [0.717, 1.165) is 0 Å². The molecule has 0 aromatic rings. The van der Waals surface area contributed by atoms with Crippen molar-refractivity contribution in [2.24, 2.45) is 5.92 Å². The van der Waals surface area contributed by atoms with Gasteiger partial charge in [0.25, 0.3) is 0 Å². The van der Waals surface area contributed by atoms with Gasteiger partial charge in [0.15, 0.2) is 0 Å². The van der Waals surface area contributed by atoms with Crippen LogP contribution in [0.5, 0.6) is 0 Å². The first-order valence-electron chi connectivity index (χ1n) is 3.99. The van der Waals surface area contributed by atoms with Crippen molar-refractivity contribution in [3.8, 4) is 0 Å². The van der Waals surface area contributed by atoms with Crippen molar-refractivity contribution in [3.63, 3.8) is 0 Å². The Balaban J connectivity index is 0.000000810. The maximum absolute atomic E-state index is 9.18. The third kappa shape index (κ3) is 2.89. The highest BCUT2D eigenvalue weighted by Crippen LogP contribution is 2.25. The molecule has 1 atom stereocenters. The van der Waals surface area contributed by atoms with Crippen LogP contribution in [-0.2, 0) is 0 Å². The van der Waals surface area contributed by atoms with Crippen LogP contribution < -0.4 is 0 Å². The molecule has 0 aliphatic heterocycles. The number of aliphatic hydroxyl groups is 1. The predicted molar refractivity (Wildman–Crippen MR) is 45.5 cm³/mol. The van der Waals surface area contributed by atoms with E-state index in [9.17, 15) is 5.11 Å². The summed E-state index contributed by atoms with van der Waals surface area (Å²) in [7, 11) is 0. The van der Waals surface area contributed by atoms with Crippen LogP contribution >= 0.6 is 12.4 Å². The van der Waals surface area contributed by atoms with Crippen molar-refractivity contribution in [1.82, 2.24) is 0 Å². The van der Waals surface area contributed by atoms with Crippen molar-refractivity contribution in [2.75, 3.05) is 0 Å². The summed E-state index contributed by atoms with van der Waals surface area (Å²) in [5.74, 6) is 0.610. The highest BCUT2D eigenvalue weighted by atomic mass is 35.5. The second-order valence-corrected chi connectivity index (χ2v) is 3.14. The summed E-state index contributed by atoms with van der Waals surface area (Å²) in [5.41, 5.74) is 0. The summed E-state index contributed by atoms with van der Waals surface area (Å²) in [5, 5.41) is 9.18. The molecule has 1 N–H and O–H groups in total. The van der Waals surface area contributed by atoms with E-state index in [0.29, 0.717) is 5.92 Å². The van der Waals surface area contributed by atoms with E-state index in [1.54, 1.807) is 0 Å². The molecule has 0 aromatic carbocycles. The maximum Gasteiger partial charge on any atom is 0.0540 e. The molecule has 0 heterocycles. The molecule has 2 heteroatoms. The van der Waals surface area contributed by atoms with E-state index in [4.69, 9.17) is 0 Å². The number of hydrogen-bond acceptors (Lipinski definition) is 1. The molecule has 1 unspecified atom stereocenters. The topological polar surface area (TPSA) is 20.2 Å². The average Bonchev–Trinajstić information content (AvgIpc) is 1.90. The quantitative estimate of drug-likeness (QED) is 0.631. The lowest BCUT2D eigenvalue weighted by molar-refractivity contribution is 0.101. The van der Waals surface area contributed by atoms with E-state index in [1.165, 1.54) is 32.1 Å². The largest absolute Gasteiger partial charge is 0.393 e. The molecule has 0 bridgehead atoms. The van der Waals surface area contributed by atoms with Gasteiger partial charge in [0.05, 0.1) is 6.10 Å². The molecule has 1 aliphatic carbocycles. The molecule has 1 aliphatic rings. The maximum atomic E-state index is 9.18. The van der Waals surface area contributed by atoms with Crippen LogP contribution in [0.1, 0.15) is 39.0 Å². The first-order valence-corrected chi connectivity index (χ1v) is 3.99. The average molecular weight is 165 g/mol. The molecule has 0 radical (unpaired) electrons. The SMILES string of the molecule is CC(O)C1CCCCC1.Cl. The van der Waals surface area contributed by atoms with Crippen molar-refractivity contribution >= 4 is 12.4 Å². The van der Waals surface area contributed by atoms with Crippen molar-refractivity contribution < 1.29 is 5.11 Å². The standard InChI is InChI=1S/C8H16O.ClH/c1-7(9)8-5-3-2-4-6-8;/h7-9H,2-6H2,1H3;1H. The highest BCUT2D eigenvalue weighted by Gasteiger charge is 2.17. The normalized spacial score (nSPS) is 23.4. The van der Waals surface area contributed by atoms with Crippen LogP contribution in [-0.4, -0.2) is 11.2 Å². The molecule has 1 fully saturated rings. The Morgan fingerprint density at radius 2 is 1.70 bits per heavy atom. The Morgan fingerprint density at radius 1 is 1.20 bits per heavy atom. The fourth-order valence-electron chi connectivity index (χ4n) is 1.62. The predicted octanol–water partition coefficient (Wildman–Crippen LogP) is 2.37. The lowest BCUT2D eigenvalue weighted by atomic mass is 9.86. The van der Waals surface area contributed by atoms with Crippen molar-refractivity contribution in [2.45, 2.75) is 45.1 Å². The minimum atomic E-state index is -0.0645. The molecule has 1 nitrogen and oxygen atoms in total. The number of hydrogen-bond donors (Lipinski definition) is 1. The monoisotopic (exact) mass is 164 g/mol. The fraction of sp³-hybridized carbons (Fsp3) is 1.00. The summed E-state index contributed by atoms with van der Waals surface area (Å²) < 4.78 is 0. The van der Waals surface area contributed by atoms with E-state index in [-0.39, 0.29) is 18.5 Å². The lowest BCUT2D eigenvalue weighted by Gasteiger charge is -2.23. The Labute approximate surface area is 69.2 Å². The van der Waals surface area contributed by atoms with Gasteiger partial charge in [-0.3, -0.25) is 0 Å². The second-order valence-electron chi connectivity index (χ2n) is 3.14. The van der Waals surface area contributed by atoms with E-state index >= 15 is 0 Å². The summed E-state index contributed by atoms with van der Waals surface area (Å²) in [6.07, 6.45) is 6.47. The Bertz CT molecular complexity index is 77.3. The van der Waals surface area contributed by atoms with Gasteiger partial charge in [-0.25, -0.2) is 0 Å². The smallest absolute Gasteiger partial charge is 0.0540 e. The van der Waals surface area contributed by atoms with Gasteiger partial charge in [0, 0.05) is 0 Å². The summed E-state index contributed by atoms with van der Waals surface area (Å²) in [6, 6.07) is 0. The summed E-state index contributed by atoms with van der Waals surface area (Å²) in [6.45, 7) is 1.91. The molecular weight excluding hydrogens is 148 g/mol. The Kier molecular flexibility index (Phi) is 5.10. The van der Waals surface area contributed by atoms with Crippen LogP contribution in [0.25, 0.3) is 0 Å². The number of aliphatic hydroxyl groups excluding tert-OH is 1. The first-order chi connectivity index (χ1) is 4.30. The summed E-state index contributed by atoms with van der Waals surface area (Å²) in [4.78, 5) is 0. The minimum Gasteiger partial charge on any atom is -0.393 e. The van der Waals surface area contributed by atoms with Gasteiger partial charge in [0.2, 0.25) is 0 Å².